The molecule has 4 heterocycles. The third kappa shape index (κ3) is 6.66. The summed E-state index contributed by atoms with van der Waals surface area (Å²) >= 11 is 0. The van der Waals surface area contributed by atoms with Gasteiger partial charge in [-0.25, -0.2) is 4.39 Å². The van der Waals surface area contributed by atoms with Crippen LogP contribution < -0.4 is 25.7 Å². The van der Waals surface area contributed by atoms with Crippen molar-refractivity contribution in [3.8, 4) is 17.2 Å². The number of carbonyl (C=O) groups is 1. The first-order valence-electron chi connectivity index (χ1n) is 17.9. The SMILES string of the molecule is CCC(C)(C)OCNC1CCN(c2c(F)cc3c(=O)c(C(=O)NCCCN4CCCCC4C)cn4c3c2Oc2cc3ccccc3cc2-4)C1. The first-order chi connectivity index (χ1) is 23.6. The Morgan fingerprint density at radius 1 is 1.10 bits per heavy atom. The van der Waals surface area contributed by atoms with Gasteiger partial charge in [0.15, 0.2) is 17.3 Å². The highest BCUT2D eigenvalue weighted by atomic mass is 19.1. The van der Waals surface area contributed by atoms with E-state index in [-0.39, 0.29) is 22.6 Å². The van der Waals surface area contributed by atoms with Crippen LogP contribution in [0.15, 0.2) is 53.5 Å². The van der Waals surface area contributed by atoms with Gasteiger partial charge in [-0.1, -0.05) is 37.6 Å². The Kier molecular flexibility index (Phi) is 9.39. The zero-order chi connectivity index (χ0) is 34.3. The molecule has 4 aromatic rings. The summed E-state index contributed by atoms with van der Waals surface area (Å²) in [4.78, 5) is 32.0. The normalized spacial score (nSPS) is 19.3. The highest BCUT2D eigenvalue weighted by Gasteiger charge is 2.34. The number of aromatic nitrogens is 1. The molecule has 3 aliphatic rings. The molecule has 260 valence electrons. The van der Waals surface area contributed by atoms with Crippen molar-refractivity contribution >= 4 is 33.3 Å². The molecular formula is C39H48FN5O4. The summed E-state index contributed by atoms with van der Waals surface area (Å²) in [6.45, 7) is 12.5. The summed E-state index contributed by atoms with van der Waals surface area (Å²) in [5.41, 5.74) is 0.727. The van der Waals surface area contributed by atoms with E-state index in [9.17, 15) is 9.59 Å². The molecule has 0 spiro atoms. The van der Waals surface area contributed by atoms with Crippen molar-refractivity contribution in [1.29, 1.82) is 0 Å². The topological polar surface area (TPSA) is 88.1 Å². The number of amides is 1. The lowest BCUT2D eigenvalue weighted by molar-refractivity contribution is -0.0322. The van der Waals surface area contributed by atoms with Gasteiger partial charge in [0.2, 0.25) is 5.43 Å². The fraction of sp³-hybridized carbons (Fsp3) is 0.487. The summed E-state index contributed by atoms with van der Waals surface area (Å²) in [6, 6.07) is 13.8. The molecule has 7 rings (SSSR count). The van der Waals surface area contributed by atoms with Gasteiger partial charge in [0.1, 0.15) is 16.8 Å². The Bertz CT molecular complexity index is 1940. The average molecular weight is 670 g/mol. The molecule has 2 N–H and O–H groups in total. The Balaban J connectivity index is 1.22. The second kappa shape index (κ2) is 13.7. The molecular weight excluding hydrogens is 621 g/mol. The number of benzene rings is 3. The molecule has 2 unspecified atom stereocenters. The molecule has 2 atom stereocenters. The second-order valence-corrected chi connectivity index (χ2v) is 14.5. The predicted molar refractivity (Wildman–Crippen MR) is 193 cm³/mol. The maximum Gasteiger partial charge on any atom is 0.256 e. The molecule has 0 aliphatic carbocycles. The van der Waals surface area contributed by atoms with Crippen LogP contribution in [0.2, 0.25) is 0 Å². The van der Waals surface area contributed by atoms with Crippen LogP contribution in [0, 0.1) is 5.82 Å². The van der Waals surface area contributed by atoms with Gasteiger partial charge in [-0.2, -0.15) is 0 Å². The minimum absolute atomic E-state index is 0.0154. The molecule has 49 heavy (non-hydrogen) atoms. The van der Waals surface area contributed by atoms with E-state index in [2.05, 4.69) is 43.2 Å². The van der Waals surface area contributed by atoms with Crippen molar-refractivity contribution in [2.24, 2.45) is 0 Å². The number of fused-ring (bicyclic) bond motifs is 3. The van der Waals surface area contributed by atoms with Gasteiger partial charge in [-0.15, -0.1) is 0 Å². The molecule has 0 bridgehead atoms. The molecule has 10 heteroatoms. The highest BCUT2D eigenvalue weighted by molar-refractivity contribution is 6.02. The molecule has 2 fully saturated rings. The minimum atomic E-state index is -0.549. The van der Waals surface area contributed by atoms with Gasteiger partial charge in [-0.3, -0.25) is 14.9 Å². The Morgan fingerprint density at radius 3 is 2.67 bits per heavy atom. The first kappa shape index (κ1) is 33.5. The molecule has 9 nitrogen and oxygen atoms in total. The van der Waals surface area contributed by atoms with Gasteiger partial charge in [0.05, 0.1) is 23.4 Å². The van der Waals surface area contributed by atoms with Crippen molar-refractivity contribution in [3.05, 3.63) is 70.3 Å². The average Bonchev–Trinajstić information content (AvgIpc) is 3.55. The maximum atomic E-state index is 16.3. The van der Waals surface area contributed by atoms with Gasteiger partial charge in [-0.05, 0) is 88.4 Å². The summed E-state index contributed by atoms with van der Waals surface area (Å²) in [5, 5.41) is 8.52. The summed E-state index contributed by atoms with van der Waals surface area (Å²) in [7, 11) is 0. The fourth-order valence-corrected chi connectivity index (χ4v) is 7.40. The smallest absolute Gasteiger partial charge is 0.256 e. The van der Waals surface area contributed by atoms with E-state index in [4.69, 9.17) is 9.47 Å². The quantitative estimate of drug-likeness (QED) is 0.119. The largest absolute Gasteiger partial charge is 0.451 e. The van der Waals surface area contributed by atoms with E-state index in [1.807, 2.05) is 45.9 Å². The van der Waals surface area contributed by atoms with Crippen LogP contribution in [-0.2, 0) is 4.74 Å². The van der Waals surface area contributed by atoms with E-state index in [1.54, 1.807) is 6.20 Å². The molecule has 3 aromatic carbocycles. The van der Waals surface area contributed by atoms with E-state index in [0.717, 1.165) is 43.1 Å². The van der Waals surface area contributed by atoms with Crippen molar-refractivity contribution in [3.63, 3.8) is 0 Å². The first-order valence-corrected chi connectivity index (χ1v) is 17.9. The number of halogens is 1. The Hall–Kier alpha value is -3.99. The summed E-state index contributed by atoms with van der Waals surface area (Å²) in [6.07, 6.45) is 7.76. The predicted octanol–water partition coefficient (Wildman–Crippen LogP) is 6.71. The number of rotatable bonds is 11. The highest BCUT2D eigenvalue weighted by Crippen LogP contribution is 2.48. The lowest BCUT2D eigenvalue weighted by Crippen LogP contribution is -2.39. The molecule has 2 saturated heterocycles. The zero-order valence-electron chi connectivity index (χ0n) is 29.1. The van der Waals surface area contributed by atoms with Crippen LogP contribution in [0.4, 0.5) is 10.1 Å². The van der Waals surface area contributed by atoms with Gasteiger partial charge < -0.3 is 29.2 Å². The van der Waals surface area contributed by atoms with Crippen LogP contribution in [0.5, 0.6) is 11.5 Å². The molecule has 3 aliphatic heterocycles. The number of carbonyl (C=O) groups excluding carboxylic acids is 1. The van der Waals surface area contributed by atoms with Crippen molar-refractivity contribution in [2.75, 3.05) is 44.4 Å². The lowest BCUT2D eigenvalue weighted by Gasteiger charge is -2.33. The van der Waals surface area contributed by atoms with E-state index in [0.29, 0.717) is 60.8 Å². The number of hydrogen-bond acceptors (Lipinski definition) is 7. The number of nitrogens with one attached hydrogen (secondary N) is 2. The van der Waals surface area contributed by atoms with Crippen LogP contribution in [0.25, 0.3) is 27.4 Å². The molecule has 1 amide bonds. The third-order valence-corrected chi connectivity index (χ3v) is 10.8. The minimum Gasteiger partial charge on any atom is -0.451 e. The van der Waals surface area contributed by atoms with Crippen molar-refractivity contribution < 1.29 is 18.7 Å². The Morgan fingerprint density at radius 2 is 1.90 bits per heavy atom. The fourth-order valence-electron chi connectivity index (χ4n) is 7.40. The Labute approximate surface area is 287 Å². The molecule has 0 radical (unpaired) electrons. The lowest BCUT2D eigenvalue weighted by atomic mass is 10.0. The monoisotopic (exact) mass is 669 g/mol. The number of hydrogen-bond donors (Lipinski definition) is 2. The van der Waals surface area contributed by atoms with Gasteiger partial charge >= 0.3 is 0 Å². The number of likely N-dealkylation sites (tertiary alicyclic amines) is 1. The second-order valence-electron chi connectivity index (χ2n) is 14.5. The van der Waals surface area contributed by atoms with E-state index < -0.39 is 17.2 Å². The summed E-state index contributed by atoms with van der Waals surface area (Å²) < 4.78 is 30.8. The van der Waals surface area contributed by atoms with Crippen LogP contribution in [0.1, 0.15) is 76.6 Å². The number of nitrogens with zero attached hydrogens (tertiary/aromatic N) is 3. The van der Waals surface area contributed by atoms with Gasteiger partial charge in [0, 0.05) is 44.5 Å². The molecule has 0 saturated carbocycles. The third-order valence-electron chi connectivity index (χ3n) is 10.8. The number of ether oxygens (including phenoxy) is 2. The maximum absolute atomic E-state index is 16.3. The van der Waals surface area contributed by atoms with E-state index >= 15 is 4.39 Å². The number of piperidine rings is 1. The zero-order valence-corrected chi connectivity index (χ0v) is 29.1. The summed E-state index contributed by atoms with van der Waals surface area (Å²) in [5.74, 6) is -0.174. The van der Waals surface area contributed by atoms with Gasteiger partial charge in [0.25, 0.3) is 5.91 Å². The standard InChI is InChI=1S/C39H48FN5O4/c1-5-39(3,4)48-24-42-28-14-18-44(22-28)35-31(40)21-29-34-37(35)49-33-20-27-13-7-6-12-26(27)19-32(33)45(34)23-30(36(29)46)38(47)41-15-10-17-43-16-9-8-11-25(43)2/h6-7,12-13,19-21,23,25,28,42H,5,8-11,14-18,22,24H2,1-4H3,(H,41,47). The number of pyridine rings is 1. The molecule has 1 aromatic heterocycles. The van der Waals surface area contributed by atoms with Crippen molar-refractivity contribution in [1.82, 2.24) is 20.1 Å². The van der Waals surface area contributed by atoms with Crippen LogP contribution >= 0.6 is 0 Å². The number of anilines is 1. The van der Waals surface area contributed by atoms with Crippen molar-refractivity contribution in [2.45, 2.75) is 83.9 Å². The van der Waals surface area contributed by atoms with Crippen LogP contribution in [0.3, 0.4) is 0 Å². The van der Waals surface area contributed by atoms with E-state index in [1.165, 1.54) is 25.3 Å². The van der Waals surface area contributed by atoms with Crippen LogP contribution in [-0.4, -0.2) is 72.5 Å².